The lowest BCUT2D eigenvalue weighted by Gasteiger charge is -2.33. The molecule has 1 fully saturated rings. The molecule has 2 amide bonds. The van der Waals surface area contributed by atoms with Crippen LogP contribution in [-0.2, 0) is 0 Å². The molecule has 1 saturated heterocycles. The van der Waals surface area contributed by atoms with Gasteiger partial charge in [-0.2, -0.15) is 10.4 Å². The number of fused-ring (bicyclic) bond motifs is 1. The number of hydrogen-bond donors (Lipinski definition) is 2. The lowest BCUT2D eigenvalue weighted by Crippen LogP contribution is -2.48. The Bertz CT molecular complexity index is 1210. The third-order valence-electron chi connectivity index (χ3n) is 5.58. The standard InChI is InChI=1S/C24H25N7O2/c1-3-9-26-24(32)29-19-7-10-30(11-8-19)22-6-5-17(14-27-22)21-12-20(33-4-2)16-31-23(21)18(13-25)15-28-31/h1,5-6,12,14-16,19H,4,7-11H2,2H3,(H2,26,29,32). The minimum Gasteiger partial charge on any atom is -0.492 e. The van der Waals surface area contributed by atoms with Crippen LogP contribution in [0.5, 0.6) is 5.75 Å². The van der Waals surface area contributed by atoms with Crippen molar-refractivity contribution in [3.8, 4) is 35.3 Å². The number of nitriles is 1. The highest BCUT2D eigenvalue weighted by atomic mass is 16.5. The summed E-state index contributed by atoms with van der Waals surface area (Å²) < 4.78 is 7.35. The predicted molar refractivity (Wildman–Crippen MR) is 125 cm³/mol. The third-order valence-corrected chi connectivity index (χ3v) is 5.58. The molecule has 4 rings (SSSR count). The van der Waals surface area contributed by atoms with Crippen LogP contribution in [-0.4, -0.2) is 52.9 Å². The second-order valence-corrected chi connectivity index (χ2v) is 7.68. The first-order valence-electron chi connectivity index (χ1n) is 10.9. The first kappa shape index (κ1) is 22.0. The van der Waals surface area contributed by atoms with Crippen LogP contribution in [0.3, 0.4) is 0 Å². The number of anilines is 1. The van der Waals surface area contributed by atoms with Crippen LogP contribution < -0.4 is 20.3 Å². The van der Waals surface area contributed by atoms with E-state index in [1.165, 1.54) is 0 Å². The first-order valence-corrected chi connectivity index (χ1v) is 10.9. The largest absolute Gasteiger partial charge is 0.492 e. The summed E-state index contributed by atoms with van der Waals surface area (Å²) >= 11 is 0. The fourth-order valence-electron chi connectivity index (χ4n) is 4.00. The quantitative estimate of drug-likeness (QED) is 0.567. The summed E-state index contributed by atoms with van der Waals surface area (Å²) in [6, 6.07) is 7.98. The number of carbonyl (C=O) groups excluding carboxylic acids is 1. The van der Waals surface area contributed by atoms with Crippen LogP contribution in [0.2, 0.25) is 0 Å². The second-order valence-electron chi connectivity index (χ2n) is 7.68. The van der Waals surface area contributed by atoms with Gasteiger partial charge in [-0.05, 0) is 38.0 Å². The molecule has 0 bridgehead atoms. The van der Waals surface area contributed by atoms with E-state index >= 15 is 0 Å². The van der Waals surface area contributed by atoms with Gasteiger partial charge >= 0.3 is 6.03 Å². The van der Waals surface area contributed by atoms with E-state index in [4.69, 9.17) is 11.2 Å². The summed E-state index contributed by atoms with van der Waals surface area (Å²) in [5, 5.41) is 19.4. The van der Waals surface area contributed by atoms with Crippen molar-refractivity contribution in [2.75, 3.05) is 31.1 Å². The van der Waals surface area contributed by atoms with Gasteiger partial charge in [0.2, 0.25) is 0 Å². The smallest absolute Gasteiger partial charge is 0.315 e. The van der Waals surface area contributed by atoms with Gasteiger partial charge in [-0.1, -0.05) is 5.92 Å². The van der Waals surface area contributed by atoms with Gasteiger partial charge in [0, 0.05) is 36.5 Å². The molecule has 0 atom stereocenters. The van der Waals surface area contributed by atoms with Gasteiger partial charge in [-0.3, -0.25) is 0 Å². The lowest BCUT2D eigenvalue weighted by molar-refractivity contribution is 0.235. The molecule has 4 heterocycles. The fourth-order valence-corrected chi connectivity index (χ4v) is 4.00. The Kier molecular flexibility index (Phi) is 6.61. The topological polar surface area (TPSA) is 108 Å². The van der Waals surface area contributed by atoms with E-state index in [2.05, 4.69) is 37.6 Å². The summed E-state index contributed by atoms with van der Waals surface area (Å²) in [6.45, 7) is 4.25. The van der Waals surface area contributed by atoms with Gasteiger partial charge in [0.1, 0.15) is 17.6 Å². The highest BCUT2D eigenvalue weighted by Crippen LogP contribution is 2.31. The predicted octanol–water partition coefficient (Wildman–Crippen LogP) is 2.57. The molecular formula is C24H25N7O2. The van der Waals surface area contributed by atoms with E-state index in [1.54, 1.807) is 16.9 Å². The molecule has 0 aliphatic carbocycles. The van der Waals surface area contributed by atoms with Crippen LogP contribution in [0.4, 0.5) is 10.6 Å². The zero-order valence-corrected chi connectivity index (χ0v) is 18.4. The molecule has 3 aromatic rings. The number of nitrogens with one attached hydrogen (secondary N) is 2. The summed E-state index contributed by atoms with van der Waals surface area (Å²) in [4.78, 5) is 18.7. The van der Waals surface area contributed by atoms with E-state index in [9.17, 15) is 10.1 Å². The zero-order valence-electron chi connectivity index (χ0n) is 18.4. The Morgan fingerprint density at radius 2 is 2.15 bits per heavy atom. The Morgan fingerprint density at radius 3 is 2.82 bits per heavy atom. The van der Waals surface area contributed by atoms with Gasteiger partial charge in [-0.15, -0.1) is 6.42 Å². The number of urea groups is 1. The van der Waals surface area contributed by atoms with Crippen molar-refractivity contribution < 1.29 is 9.53 Å². The minimum absolute atomic E-state index is 0.110. The number of rotatable bonds is 6. The van der Waals surface area contributed by atoms with Crippen molar-refractivity contribution in [2.45, 2.75) is 25.8 Å². The number of aromatic nitrogens is 3. The Labute approximate surface area is 192 Å². The average molecular weight is 444 g/mol. The van der Waals surface area contributed by atoms with Gasteiger partial charge in [-0.25, -0.2) is 14.3 Å². The highest BCUT2D eigenvalue weighted by molar-refractivity contribution is 5.85. The van der Waals surface area contributed by atoms with Gasteiger partial charge < -0.3 is 20.3 Å². The van der Waals surface area contributed by atoms with Gasteiger partial charge in [0.05, 0.1) is 36.6 Å². The third kappa shape index (κ3) is 4.83. The minimum atomic E-state index is -0.230. The van der Waals surface area contributed by atoms with Gasteiger partial charge in [0.15, 0.2) is 0 Å². The maximum atomic E-state index is 11.8. The molecule has 9 nitrogen and oxygen atoms in total. The monoisotopic (exact) mass is 443 g/mol. The van der Waals surface area contributed by atoms with Crippen molar-refractivity contribution in [3.63, 3.8) is 0 Å². The summed E-state index contributed by atoms with van der Waals surface area (Å²) in [6.07, 6.45) is 12.0. The van der Waals surface area contributed by atoms with Crippen molar-refractivity contribution in [3.05, 3.63) is 42.4 Å². The maximum absolute atomic E-state index is 11.8. The highest BCUT2D eigenvalue weighted by Gasteiger charge is 2.22. The number of nitrogens with zero attached hydrogens (tertiary/aromatic N) is 5. The van der Waals surface area contributed by atoms with E-state index in [0.29, 0.717) is 17.9 Å². The van der Waals surface area contributed by atoms with E-state index in [-0.39, 0.29) is 18.6 Å². The summed E-state index contributed by atoms with van der Waals surface area (Å²) in [5.74, 6) is 3.94. The number of piperidine rings is 1. The molecule has 33 heavy (non-hydrogen) atoms. The van der Waals surface area contributed by atoms with E-state index in [0.717, 1.165) is 48.4 Å². The first-order chi connectivity index (χ1) is 16.1. The van der Waals surface area contributed by atoms with E-state index in [1.807, 2.05) is 31.3 Å². The molecule has 2 N–H and O–H groups in total. The maximum Gasteiger partial charge on any atom is 0.315 e. The molecule has 1 aliphatic rings. The molecular weight excluding hydrogens is 418 g/mol. The number of carbonyl (C=O) groups is 1. The molecule has 0 spiro atoms. The zero-order chi connectivity index (χ0) is 23.2. The van der Waals surface area contributed by atoms with Crippen LogP contribution in [0, 0.1) is 23.7 Å². The molecule has 9 heteroatoms. The van der Waals surface area contributed by atoms with Gasteiger partial charge in [0.25, 0.3) is 0 Å². The molecule has 1 aliphatic heterocycles. The number of ether oxygens (including phenoxy) is 1. The Hall–Kier alpha value is -4.24. The molecule has 3 aromatic heterocycles. The average Bonchev–Trinajstić information content (AvgIpc) is 3.26. The van der Waals surface area contributed by atoms with Crippen molar-refractivity contribution in [1.29, 1.82) is 5.26 Å². The molecule has 0 radical (unpaired) electrons. The van der Waals surface area contributed by atoms with Crippen molar-refractivity contribution >= 4 is 17.4 Å². The van der Waals surface area contributed by atoms with Crippen LogP contribution >= 0.6 is 0 Å². The second kappa shape index (κ2) is 9.92. The van der Waals surface area contributed by atoms with Crippen molar-refractivity contribution in [2.24, 2.45) is 0 Å². The number of amides is 2. The Balaban J connectivity index is 1.49. The fraction of sp³-hybridized carbons (Fsp3) is 0.333. The normalized spacial score (nSPS) is 13.8. The lowest BCUT2D eigenvalue weighted by atomic mass is 10.0. The molecule has 0 saturated carbocycles. The molecule has 0 aromatic carbocycles. The number of pyridine rings is 2. The summed E-state index contributed by atoms with van der Waals surface area (Å²) in [7, 11) is 0. The van der Waals surface area contributed by atoms with E-state index < -0.39 is 0 Å². The Morgan fingerprint density at radius 1 is 1.33 bits per heavy atom. The molecule has 168 valence electrons. The number of terminal acetylenes is 1. The summed E-state index contributed by atoms with van der Waals surface area (Å²) in [5.41, 5.74) is 2.95. The van der Waals surface area contributed by atoms with Crippen LogP contribution in [0.1, 0.15) is 25.3 Å². The van der Waals surface area contributed by atoms with Crippen LogP contribution in [0.15, 0.2) is 36.8 Å². The van der Waals surface area contributed by atoms with Crippen LogP contribution in [0.25, 0.3) is 16.6 Å². The number of hydrogen-bond acceptors (Lipinski definition) is 6. The molecule has 0 unspecified atom stereocenters. The SMILES string of the molecule is C#CCNC(=O)NC1CCN(c2ccc(-c3cc(OCC)cn4ncc(C#N)c34)cn2)CC1. The van der Waals surface area contributed by atoms with Crippen molar-refractivity contribution in [1.82, 2.24) is 25.2 Å².